The van der Waals surface area contributed by atoms with Crippen LogP contribution in [-0.2, 0) is 52.8 Å². The molecular formula is C56H68N10O12. The van der Waals surface area contributed by atoms with Gasteiger partial charge in [0.2, 0.25) is 35.4 Å². The van der Waals surface area contributed by atoms with E-state index in [-0.39, 0.29) is 68.3 Å². The number of hydrogen-bond donors (Lipinski definition) is 14. The first-order valence-electron chi connectivity index (χ1n) is 25.3. The number of aliphatic hydroxyl groups is 2. The Morgan fingerprint density at radius 1 is 0.500 bits per heavy atom. The lowest BCUT2D eigenvalue weighted by molar-refractivity contribution is -0.143. The number of benzene rings is 3. The van der Waals surface area contributed by atoms with Crippen LogP contribution in [0, 0.1) is 11.3 Å². The molecular weight excluding hydrogens is 1000 g/mol. The largest absolute Gasteiger partial charge is 0.508 e. The lowest BCUT2D eigenvalue weighted by Gasteiger charge is -2.28. The number of phenols is 1. The number of carboxylic acids is 1. The second-order valence-electron chi connectivity index (χ2n) is 19.0. The highest BCUT2D eigenvalue weighted by Gasteiger charge is 2.35. The molecule has 0 radical (unpaired) electrons. The van der Waals surface area contributed by atoms with Gasteiger partial charge in [0.1, 0.15) is 48.0 Å². The molecule has 2 aliphatic carbocycles. The number of guanidine groups is 1. The highest BCUT2D eigenvalue weighted by Crippen LogP contribution is 2.25. The third kappa shape index (κ3) is 19.0. The highest BCUT2D eigenvalue weighted by molar-refractivity contribution is 6.01. The first-order valence-corrected chi connectivity index (χ1v) is 25.3. The van der Waals surface area contributed by atoms with Gasteiger partial charge in [-0.25, -0.2) is 4.79 Å². The van der Waals surface area contributed by atoms with E-state index in [0.717, 1.165) is 11.1 Å². The fraction of sp³-hybridized carbons (Fsp3) is 0.339. The third-order valence-corrected chi connectivity index (χ3v) is 12.4. The number of carbonyl (C=O) groups excluding carboxylic acids is 7. The van der Waals surface area contributed by atoms with Crippen molar-refractivity contribution in [1.82, 2.24) is 42.5 Å². The number of rotatable bonds is 29. The predicted octanol–water partition coefficient (Wildman–Crippen LogP) is 0.611. The molecule has 0 saturated carbocycles. The van der Waals surface area contributed by atoms with E-state index in [0.29, 0.717) is 16.7 Å². The summed E-state index contributed by atoms with van der Waals surface area (Å²) in [4.78, 5) is 111. The van der Waals surface area contributed by atoms with Crippen LogP contribution < -0.4 is 48.3 Å². The molecule has 0 fully saturated rings. The molecule has 7 amide bonds. The normalized spacial score (nSPS) is 13.7. The van der Waals surface area contributed by atoms with Crippen LogP contribution in [0.3, 0.4) is 0 Å². The number of carbonyl (C=O) groups is 8. The summed E-state index contributed by atoms with van der Waals surface area (Å²) in [5.74, 6) is -8.10. The molecule has 22 nitrogen and oxygen atoms in total. The van der Waals surface area contributed by atoms with E-state index in [2.05, 4.69) is 42.5 Å². The summed E-state index contributed by atoms with van der Waals surface area (Å²) in [6.07, 6.45) is -0.344. The molecule has 0 bridgehead atoms. The van der Waals surface area contributed by atoms with Crippen LogP contribution in [0.2, 0.25) is 0 Å². The number of aromatic hydroxyl groups is 1. The average molecular weight is 1070 g/mol. The van der Waals surface area contributed by atoms with Crippen LogP contribution in [0.25, 0.3) is 11.1 Å². The Hall–Kier alpha value is -8.89. The molecule has 0 aromatic heterocycles. The second kappa shape index (κ2) is 30.0. The fourth-order valence-corrected chi connectivity index (χ4v) is 8.30. The molecule has 0 aliphatic heterocycles. The summed E-state index contributed by atoms with van der Waals surface area (Å²) in [6, 6.07) is 25.3. The van der Waals surface area contributed by atoms with E-state index in [1.807, 2.05) is 30.3 Å². The highest BCUT2D eigenvalue weighted by atomic mass is 16.4. The number of aliphatic hydroxyl groups excluding tert-OH is 2. The van der Waals surface area contributed by atoms with Gasteiger partial charge >= 0.3 is 5.97 Å². The van der Waals surface area contributed by atoms with Crippen LogP contribution in [0.4, 0.5) is 0 Å². The zero-order valence-corrected chi connectivity index (χ0v) is 43.2. The summed E-state index contributed by atoms with van der Waals surface area (Å²) in [7, 11) is 0. The topological polar surface area (TPSA) is 364 Å². The van der Waals surface area contributed by atoms with Crippen LogP contribution in [0.15, 0.2) is 127 Å². The fourth-order valence-electron chi connectivity index (χ4n) is 8.30. The van der Waals surface area contributed by atoms with Crippen molar-refractivity contribution < 1.29 is 58.8 Å². The van der Waals surface area contributed by atoms with Gasteiger partial charge in [0.15, 0.2) is 5.96 Å². The maximum absolute atomic E-state index is 14.8. The molecule has 2 aliphatic rings. The minimum atomic E-state index is -1.70. The number of nitrogens with one attached hydrogen (secondary N) is 9. The summed E-state index contributed by atoms with van der Waals surface area (Å²) < 4.78 is 0. The predicted molar refractivity (Wildman–Crippen MR) is 288 cm³/mol. The second-order valence-corrected chi connectivity index (χ2v) is 19.0. The maximum Gasteiger partial charge on any atom is 0.328 e. The van der Waals surface area contributed by atoms with E-state index in [9.17, 15) is 58.8 Å². The SMILES string of the molecule is CC(C)CC(NC(=O)C(Cc1ccc(O)cc1)NC(=O)C(Cc1ccccc1)NC(=O)C(Cc1ccccc1)NC(=O)C(CO)NC(=O)c1cc2cccccc-2c1)C(=O)NC(CCCNC(=N)N)C(=O)NC(CO)C(=O)O. The first kappa shape index (κ1) is 60.0. The number of nitrogens with two attached hydrogens (primary N) is 1. The van der Waals surface area contributed by atoms with Gasteiger partial charge in [-0.2, -0.15) is 0 Å². The van der Waals surface area contributed by atoms with Gasteiger partial charge in [0.05, 0.1) is 13.2 Å². The van der Waals surface area contributed by atoms with Crippen LogP contribution in [0.5, 0.6) is 5.75 Å². The minimum absolute atomic E-state index is 0.0115. The zero-order valence-electron chi connectivity index (χ0n) is 43.2. The van der Waals surface area contributed by atoms with Crippen molar-refractivity contribution >= 4 is 53.3 Å². The summed E-state index contributed by atoms with van der Waals surface area (Å²) >= 11 is 0. The molecule has 3 aromatic carbocycles. The van der Waals surface area contributed by atoms with Crippen molar-refractivity contribution in [2.45, 2.75) is 94.7 Å². The van der Waals surface area contributed by atoms with Crippen LogP contribution in [-0.4, -0.2) is 136 Å². The maximum atomic E-state index is 14.8. The zero-order chi connectivity index (χ0) is 56.7. The molecule has 7 unspecified atom stereocenters. The summed E-state index contributed by atoms with van der Waals surface area (Å²) in [6.45, 7) is 1.87. The van der Waals surface area contributed by atoms with Crippen LogP contribution in [0.1, 0.15) is 60.2 Å². The number of carboxylic acid groups (broad SMARTS) is 1. The van der Waals surface area contributed by atoms with E-state index in [4.69, 9.17) is 11.1 Å². The van der Waals surface area contributed by atoms with Gasteiger partial charge in [-0.3, -0.25) is 39.0 Å². The van der Waals surface area contributed by atoms with Crippen molar-refractivity contribution in [3.05, 3.63) is 150 Å². The monoisotopic (exact) mass is 1070 g/mol. The average Bonchev–Trinajstić information content (AvgIpc) is 3.70. The standard InChI is InChI=1S/C56H68N10O12/c1-33(2)25-42(50(72)60-41(19-12-24-59-56(57)58)49(71)66-47(32-68)55(77)78)61-51(73)45(28-36-20-22-40(69)23-21-36)63-52(74)43(26-34-13-6-3-7-14-34)62-53(75)44(27-35-15-8-4-9-16-35)64-54(76)46(31-67)65-48(70)39-29-37-17-10-5-11-18-38(37)30-39/h3-11,13-18,20-23,29-30,33,41-47,67-69H,12,19,24-28,31-32H2,1-2H3,(H,60,72)(H,61,73)(H,62,75)(H,63,74)(H,64,76)(H,65,70)(H,66,71)(H,77,78)(H4,57,58,59). The van der Waals surface area contributed by atoms with Gasteiger partial charge in [-0.05, 0) is 77.3 Å². The van der Waals surface area contributed by atoms with E-state index in [1.165, 1.54) is 24.3 Å². The Labute approximate surface area is 451 Å². The number of fused-ring (bicyclic) bond motifs is 1. The first-order chi connectivity index (χ1) is 37.3. The van der Waals surface area contributed by atoms with E-state index in [1.54, 1.807) is 86.6 Å². The number of phenolic OH excluding ortho intramolecular Hbond substituents is 1. The Morgan fingerprint density at radius 3 is 1.32 bits per heavy atom. The van der Waals surface area contributed by atoms with Gasteiger partial charge < -0.3 is 68.7 Å². The molecule has 3 aromatic rings. The molecule has 0 spiro atoms. The molecule has 0 heterocycles. The molecule has 0 saturated heterocycles. The smallest absolute Gasteiger partial charge is 0.328 e. The van der Waals surface area contributed by atoms with E-state index >= 15 is 0 Å². The minimum Gasteiger partial charge on any atom is -0.508 e. The van der Waals surface area contributed by atoms with Gasteiger partial charge in [0.25, 0.3) is 5.91 Å². The number of hydrogen-bond acceptors (Lipinski definition) is 12. The lowest BCUT2D eigenvalue weighted by Crippen LogP contribution is -2.61. The molecule has 7 atom stereocenters. The van der Waals surface area contributed by atoms with Gasteiger partial charge in [0, 0.05) is 31.4 Å². The van der Waals surface area contributed by atoms with Crippen molar-refractivity contribution in [3.63, 3.8) is 0 Å². The van der Waals surface area contributed by atoms with Crippen LogP contribution >= 0.6 is 0 Å². The van der Waals surface area contributed by atoms with Gasteiger partial charge in [-0.15, -0.1) is 0 Å². The Bertz CT molecular complexity index is 2770. The summed E-state index contributed by atoms with van der Waals surface area (Å²) in [5.41, 5.74) is 8.84. The number of aliphatic carboxylic acids is 1. The molecule has 15 N–H and O–H groups in total. The Kier molecular flexibility index (Phi) is 23.1. The molecule has 414 valence electrons. The molecule has 22 heteroatoms. The van der Waals surface area contributed by atoms with Crippen molar-refractivity contribution in [2.24, 2.45) is 11.7 Å². The van der Waals surface area contributed by atoms with Crippen molar-refractivity contribution in [2.75, 3.05) is 19.8 Å². The lowest BCUT2D eigenvalue weighted by atomic mass is 9.99. The quantitative estimate of drug-likeness (QED) is 0.0177. The third-order valence-electron chi connectivity index (χ3n) is 12.4. The van der Waals surface area contributed by atoms with Crippen molar-refractivity contribution in [1.29, 1.82) is 5.41 Å². The van der Waals surface area contributed by atoms with Crippen molar-refractivity contribution in [3.8, 4) is 16.9 Å². The Balaban J connectivity index is 1.42. The molecule has 78 heavy (non-hydrogen) atoms. The van der Waals surface area contributed by atoms with Gasteiger partial charge in [-0.1, -0.05) is 117 Å². The molecule has 5 rings (SSSR count). The Morgan fingerprint density at radius 2 is 0.885 bits per heavy atom. The number of amides is 7. The van der Waals surface area contributed by atoms with E-state index < -0.39 is 103 Å². The summed E-state index contributed by atoms with van der Waals surface area (Å²) in [5, 5.41) is 67.7.